The molecule has 7 heteroatoms. The highest BCUT2D eigenvalue weighted by Gasteiger charge is 2.17. The number of amides is 1. The van der Waals surface area contributed by atoms with Crippen LogP contribution in [0.15, 0.2) is 60.7 Å². The van der Waals surface area contributed by atoms with Crippen LogP contribution in [-0.4, -0.2) is 22.1 Å². The van der Waals surface area contributed by atoms with Gasteiger partial charge in [0, 0.05) is 5.02 Å². The van der Waals surface area contributed by atoms with Crippen molar-refractivity contribution in [1.29, 1.82) is 0 Å². The van der Waals surface area contributed by atoms with E-state index in [1.165, 1.54) is 30.3 Å². The van der Waals surface area contributed by atoms with E-state index in [4.69, 9.17) is 23.2 Å². The second-order valence-corrected chi connectivity index (χ2v) is 6.85. The summed E-state index contributed by atoms with van der Waals surface area (Å²) in [4.78, 5) is 24.2. The molecule has 0 aliphatic rings. The Morgan fingerprint density at radius 2 is 1.64 bits per heavy atom. The molecule has 0 heterocycles. The van der Waals surface area contributed by atoms with Crippen LogP contribution < -0.4 is 5.32 Å². The molecule has 3 aromatic carbocycles. The minimum Gasteiger partial charge on any atom is -0.478 e. The van der Waals surface area contributed by atoms with Gasteiger partial charge in [-0.25, -0.2) is 4.79 Å². The van der Waals surface area contributed by atoms with Crippen molar-refractivity contribution in [3.63, 3.8) is 0 Å². The first-order chi connectivity index (χ1) is 13.4. The van der Waals surface area contributed by atoms with Gasteiger partial charge in [0.05, 0.1) is 28.4 Å². The van der Waals surface area contributed by atoms with Crippen LogP contribution in [0.2, 0.25) is 10.0 Å². The molecule has 0 atom stereocenters. The Labute approximate surface area is 171 Å². The molecule has 0 saturated carbocycles. The molecule has 28 heavy (non-hydrogen) atoms. The van der Waals surface area contributed by atoms with Gasteiger partial charge in [-0.2, -0.15) is 0 Å². The number of aromatic carboxylic acids is 1. The number of benzene rings is 3. The molecule has 0 fully saturated rings. The van der Waals surface area contributed by atoms with Gasteiger partial charge in [0.2, 0.25) is 0 Å². The molecule has 0 radical (unpaired) electrons. The summed E-state index contributed by atoms with van der Waals surface area (Å²) in [5, 5.41) is 22.0. The summed E-state index contributed by atoms with van der Waals surface area (Å²) in [5.41, 5.74) is 2.38. The van der Waals surface area contributed by atoms with E-state index >= 15 is 0 Å². The van der Waals surface area contributed by atoms with Gasteiger partial charge in [-0.1, -0.05) is 47.5 Å². The Morgan fingerprint density at radius 3 is 2.32 bits per heavy atom. The zero-order valence-corrected chi connectivity index (χ0v) is 16.0. The highest BCUT2D eigenvalue weighted by molar-refractivity contribution is 6.37. The van der Waals surface area contributed by atoms with Gasteiger partial charge in [-0.3, -0.25) is 4.79 Å². The van der Waals surface area contributed by atoms with E-state index in [0.717, 1.165) is 5.56 Å². The van der Waals surface area contributed by atoms with E-state index in [1.54, 1.807) is 24.3 Å². The first-order valence-corrected chi connectivity index (χ1v) is 8.98. The van der Waals surface area contributed by atoms with E-state index < -0.39 is 11.9 Å². The average Bonchev–Trinajstić information content (AvgIpc) is 2.68. The van der Waals surface area contributed by atoms with Gasteiger partial charge in [0.1, 0.15) is 0 Å². The summed E-state index contributed by atoms with van der Waals surface area (Å²) in [6, 6.07) is 16.2. The molecule has 3 rings (SSSR count). The third kappa shape index (κ3) is 4.34. The second kappa shape index (κ2) is 8.44. The van der Waals surface area contributed by atoms with Crippen LogP contribution in [0, 0.1) is 0 Å². The molecule has 0 spiro atoms. The number of anilines is 1. The fourth-order valence-electron chi connectivity index (χ4n) is 2.72. The predicted octanol–water partition coefficient (Wildman–Crippen LogP) is 5.10. The van der Waals surface area contributed by atoms with Gasteiger partial charge in [0.15, 0.2) is 0 Å². The average molecular weight is 416 g/mol. The molecular weight excluding hydrogens is 401 g/mol. The number of nitrogens with one attached hydrogen (secondary N) is 1. The van der Waals surface area contributed by atoms with Crippen LogP contribution in [0.4, 0.5) is 5.69 Å². The highest BCUT2D eigenvalue weighted by Crippen LogP contribution is 2.28. The summed E-state index contributed by atoms with van der Waals surface area (Å²) < 4.78 is 0. The van der Waals surface area contributed by atoms with E-state index in [0.29, 0.717) is 16.1 Å². The standard InChI is InChI=1S/C21H15Cl2NO4/c22-15-5-6-16(18(23)10-15)20(26)24-19-7-4-14(9-17(19)21(27)28)13-3-1-2-12(8-13)11-25/h1-10,25H,11H2,(H,24,26)(H,27,28). The Morgan fingerprint density at radius 1 is 0.893 bits per heavy atom. The number of hydrogen-bond donors (Lipinski definition) is 3. The molecule has 0 saturated heterocycles. The van der Waals surface area contributed by atoms with Gasteiger partial charge in [-0.05, 0) is 53.1 Å². The monoisotopic (exact) mass is 415 g/mol. The lowest BCUT2D eigenvalue weighted by molar-refractivity contribution is 0.0698. The van der Waals surface area contributed by atoms with Gasteiger partial charge in [0.25, 0.3) is 5.91 Å². The van der Waals surface area contributed by atoms with Crippen molar-refractivity contribution in [2.45, 2.75) is 6.61 Å². The third-order valence-corrected chi connectivity index (χ3v) is 4.66. The maximum atomic E-state index is 12.5. The van der Waals surface area contributed by atoms with Crippen LogP contribution in [0.1, 0.15) is 26.3 Å². The summed E-state index contributed by atoms with van der Waals surface area (Å²) in [6.07, 6.45) is 0. The maximum absolute atomic E-state index is 12.5. The SMILES string of the molecule is O=C(Nc1ccc(-c2cccc(CO)c2)cc1C(=O)O)c1ccc(Cl)cc1Cl. The van der Waals surface area contributed by atoms with Gasteiger partial charge < -0.3 is 15.5 Å². The molecule has 1 amide bonds. The van der Waals surface area contributed by atoms with Crippen molar-refractivity contribution >= 4 is 40.8 Å². The Bertz CT molecular complexity index is 1070. The molecule has 0 aromatic heterocycles. The van der Waals surface area contributed by atoms with Crippen LogP contribution in [0.5, 0.6) is 0 Å². The Balaban J connectivity index is 1.95. The minimum atomic E-state index is -1.18. The molecule has 0 bridgehead atoms. The summed E-state index contributed by atoms with van der Waals surface area (Å²) in [6.45, 7) is -0.115. The zero-order chi connectivity index (χ0) is 20.3. The van der Waals surface area contributed by atoms with E-state index in [1.807, 2.05) is 6.07 Å². The predicted molar refractivity (Wildman–Crippen MR) is 109 cm³/mol. The first-order valence-electron chi connectivity index (χ1n) is 8.23. The fourth-order valence-corrected chi connectivity index (χ4v) is 3.22. The molecular formula is C21H15Cl2NO4. The quantitative estimate of drug-likeness (QED) is 0.540. The van der Waals surface area contributed by atoms with Crippen LogP contribution >= 0.6 is 23.2 Å². The summed E-state index contributed by atoms with van der Waals surface area (Å²) >= 11 is 11.9. The molecule has 142 valence electrons. The van der Waals surface area contributed by atoms with Gasteiger partial charge >= 0.3 is 5.97 Å². The molecule has 3 N–H and O–H groups in total. The number of rotatable bonds is 5. The van der Waals surface area contributed by atoms with Crippen molar-refractivity contribution in [3.8, 4) is 11.1 Å². The largest absolute Gasteiger partial charge is 0.478 e. The number of carboxylic acid groups (broad SMARTS) is 1. The zero-order valence-electron chi connectivity index (χ0n) is 14.4. The van der Waals surface area contributed by atoms with Crippen LogP contribution in [0.25, 0.3) is 11.1 Å². The number of carboxylic acids is 1. The number of aliphatic hydroxyl groups excluding tert-OH is 1. The molecule has 3 aromatic rings. The summed E-state index contributed by atoms with van der Waals surface area (Å²) in [5.74, 6) is -1.73. The van der Waals surface area contributed by atoms with E-state index in [-0.39, 0.29) is 28.4 Å². The number of carbonyl (C=O) groups is 2. The van der Waals surface area contributed by atoms with Crippen molar-refractivity contribution in [2.24, 2.45) is 0 Å². The number of halogens is 2. The topological polar surface area (TPSA) is 86.6 Å². The van der Waals surface area contributed by atoms with Crippen LogP contribution in [0.3, 0.4) is 0 Å². The van der Waals surface area contributed by atoms with E-state index in [2.05, 4.69) is 5.32 Å². The van der Waals surface area contributed by atoms with Crippen molar-refractivity contribution in [1.82, 2.24) is 0 Å². The molecule has 0 aliphatic heterocycles. The lowest BCUT2D eigenvalue weighted by Gasteiger charge is -2.12. The molecule has 0 unspecified atom stereocenters. The highest BCUT2D eigenvalue weighted by atomic mass is 35.5. The number of aliphatic hydroxyl groups is 1. The van der Waals surface area contributed by atoms with Gasteiger partial charge in [-0.15, -0.1) is 0 Å². The Hall–Kier alpha value is -2.86. The second-order valence-electron chi connectivity index (χ2n) is 6.00. The molecule has 5 nitrogen and oxygen atoms in total. The normalized spacial score (nSPS) is 10.5. The lowest BCUT2D eigenvalue weighted by atomic mass is 10.00. The molecule has 0 aliphatic carbocycles. The van der Waals surface area contributed by atoms with Crippen molar-refractivity contribution in [3.05, 3.63) is 87.4 Å². The third-order valence-electron chi connectivity index (χ3n) is 4.12. The number of carbonyl (C=O) groups excluding carboxylic acids is 1. The smallest absolute Gasteiger partial charge is 0.337 e. The van der Waals surface area contributed by atoms with Crippen molar-refractivity contribution < 1.29 is 19.8 Å². The Kier molecular flexibility index (Phi) is 5.99. The van der Waals surface area contributed by atoms with E-state index in [9.17, 15) is 19.8 Å². The maximum Gasteiger partial charge on any atom is 0.337 e. The summed E-state index contributed by atoms with van der Waals surface area (Å²) in [7, 11) is 0. The van der Waals surface area contributed by atoms with Crippen molar-refractivity contribution in [2.75, 3.05) is 5.32 Å². The lowest BCUT2D eigenvalue weighted by Crippen LogP contribution is -2.15. The number of hydrogen-bond acceptors (Lipinski definition) is 3. The fraction of sp³-hybridized carbons (Fsp3) is 0.0476. The first kappa shape index (κ1) is 19.9. The minimum absolute atomic E-state index is 0.0645. The van der Waals surface area contributed by atoms with Crippen LogP contribution in [-0.2, 0) is 6.61 Å².